The summed E-state index contributed by atoms with van der Waals surface area (Å²) in [6.07, 6.45) is 9.12. The third-order valence-corrected chi connectivity index (χ3v) is 17.4. The van der Waals surface area contributed by atoms with Gasteiger partial charge in [-0.25, -0.2) is 0 Å². The maximum atomic E-state index is 6.98. The molecule has 0 aromatic heterocycles. The largest absolute Gasteiger partial charge is 0.457 e. The number of ether oxygens (including phenoxy) is 1. The van der Waals surface area contributed by atoms with Gasteiger partial charge in [-0.2, -0.15) is 0 Å². The van der Waals surface area contributed by atoms with Crippen molar-refractivity contribution < 1.29 is 4.74 Å². The van der Waals surface area contributed by atoms with Crippen molar-refractivity contribution in [2.75, 3.05) is 4.90 Å². The Morgan fingerprint density at radius 2 is 0.937 bits per heavy atom. The van der Waals surface area contributed by atoms with Crippen LogP contribution < -0.4 is 9.64 Å². The van der Waals surface area contributed by atoms with Gasteiger partial charge in [0.15, 0.2) is 0 Å². The van der Waals surface area contributed by atoms with E-state index in [4.69, 9.17) is 4.74 Å². The van der Waals surface area contributed by atoms with E-state index in [-0.39, 0.29) is 16.2 Å². The molecule has 0 radical (unpaired) electrons. The Balaban J connectivity index is 1.06. The Labute approximate surface area is 374 Å². The van der Waals surface area contributed by atoms with Crippen LogP contribution >= 0.6 is 0 Å². The minimum absolute atomic E-state index is 0.0440. The quantitative estimate of drug-likeness (QED) is 0.171. The van der Waals surface area contributed by atoms with Crippen molar-refractivity contribution in [3.05, 3.63) is 208 Å². The van der Waals surface area contributed by atoms with Gasteiger partial charge in [0.05, 0.1) is 5.41 Å². The van der Waals surface area contributed by atoms with Crippen LogP contribution in [0.4, 0.5) is 17.1 Å². The molecular weight excluding hydrogens is 763 g/mol. The fourth-order valence-corrected chi connectivity index (χ4v) is 14.8. The molecule has 4 saturated carbocycles. The van der Waals surface area contributed by atoms with Gasteiger partial charge in [-0.15, -0.1) is 0 Å². The van der Waals surface area contributed by atoms with Gasteiger partial charge in [-0.3, -0.25) is 0 Å². The monoisotopic (exact) mass is 819 g/mol. The molecule has 7 aromatic rings. The molecule has 1 spiro atoms. The summed E-state index contributed by atoms with van der Waals surface area (Å²) in [5, 5.41) is 0. The lowest BCUT2D eigenvalue weighted by Gasteiger charge is -2.63. The number of hydrogen-bond donors (Lipinski definition) is 0. The van der Waals surface area contributed by atoms with Gasteiger partial charge in [0.2, 0.25) is 0 Å². The molecule has 1 heterocycles. The molecule has 312 valence electrons. The summed E-state index contributed by atoms with van der Waals surface area (Å²) in [5.41, 5.74) is 16.9. The van der Waals surface area contributed by atoms with Crippen LogP contribution in [0.5, 0.6) is 11.5 Å². The average Bonchev–Trinajstić information content (AvgIpc) is 3.61. The van der Waals surface area contributed by atoms with Crippen LogP contribution in [0.25, 0.3) is 11.1 Å². The van der Waals surface area contributed by atoms with Crippen molar-refractivity contribution in [1.29, 1.82) is 0 Å². The second-order valence-electron chi connectivity index (χ2n) is 21.5. The number of para-hydroxylation sites is 1. The van der Waals surface area contributed by atoms with E-state index in [1.807, 2.05) is 0 Å². The zero-order valence-electron chi connectivity index (χ0n) is 37.2. The summed E-state index contributed by atoms with van der Waals surface area (Å²) in [4.78, 5) is 2.59. The molecule has 0 N–H and O–H groups in total. The van der Waals surface area contributed by atoms with Crippen molar-refractivity contribution in [3.8, 4) is 22.6 Å². The molecule has 6 aliphatic carbocycles. The molecule has 4 bridgehead atoms. The van der Waals surface area contributed by atoms with Crippen LogP contribution in [0.3, 0.4) is 0 Å². The third-order valence-electron chi connectivity index (χ3n) is 17.4. The van der Waals surface area contributed by atoms with E-state index in [0.29, 0.717) is 11.8 Å². The Morgan fingerprint density at radius 3 is 1.62 bits per heavy atom. The minimum atomic E-state index is -0.490. The van der Waals surface area contributed by atoms with Crippen molar-refractivity contribution in [2.24, 2.45) is 23.7 Å². The highest BCUT2D eigenvalue weighted by Gasteiger charge is 2.61. The highest BCUT2D eigenvalue weighted by molar-refractivity contribution is 5.87. The first-order valence-electron chi connectivity index (χ1n) is 23.9. The van der Waals surface area contributed by atoms with Gasteiger partial charge in [0.25, 0.3) is 0 Å². The van der Waals surface area contributed by atoms with Gasteiger partial charge in [0.1, 0.15) is 11.5 Å². The fourth-order valence-electron chi connectivity index (χ4n) is 14.8. The maximum Gasteiger partial charge on any atom is 0.131 e. The van der Waals surface area contributed by atoms with E-state index in [9.17, 15) is 0 Å². The Morgan fingerprint density at radius 1 is 0.413 bits per heavy atom. The number of hydrogen-bond acceptors (Lipinski definition) is 2. The summed E-state index contributed by atoms with van der Waals surface area (Å²) >= 11 is 0. The van der Waals surface area contributed by atoms with Gasteiger partial charge in [-0.1, -0.05) is 143 Å². The smallest absolute Gasteiger partial charge is 0.131 e. The topological polar surface area (TPSA) is 12.5 Å². The van der Waals surface area contributed by atoms with Crippen molar-refractivity contribution in [3.63, 3.8) is 0 Å². The molecule has 7 aliphatic rings. The van der Waals surface area contributed by atoms with Crippen LogP contribution in [0.2, 0.25) is 0 Å². The number of rotatable bonds is 5. The highest BCUT2D eigenvalue weighted by atomic mass is 16.5. The van der Waals surface area contributed by atoms with E-state index >= 15 is 0 Å². The SMILES string of the molecule is CC1(C)CCC(C)(C)c2cc(N(c3cccc(C4(c5ccccc5)c5ccccc5-c5ccccc54)c3)c3ccc4c(c3)C3(c5ccccc5O4)C4CC5CC(C4)CC3C5)ccc21. The fraction of sp³-hybridized carbons (Fsp3) is 0.311. The summed E-state index contributed by atoms with van der Waals surface area (Å²) in [5.74, 6) is 5.11. The standard InChI is InChI=1S/C61H57NO/c1-58(2)29-30-59(3,4)54-37-46(25-27-52(54)58)62(47-26-28-57-55(38-47)61(53-23-12-13-24-56(53)63-57)43-32-39-31-40(34-43)35-44(61)33-39)45-18-14-17-42(36-45)60(41-15-6-5-7-16-41)50-21-10-8-19-48(50)49-20-9-11-22-51(49)60/h5-28,36-40,43-44H,29-35H2,1-4H3. The molecule has 1 aliphatic heterocycles. The Hall–Kier alpha value is -5.86. The van der Waals surface area contributed by atoms with Crippen LogP contribution in [-0.4, -0.2) is 0 Å². The Bertz CT molecular complexity index is 2900. The molecule has 2 nitrogen and oxygen atoms in total. The lowest BCUT2D eigenvalue weighted by atomic mass is 9.42. The molecule has 14 rings (SSSR count). The van der Waals surface area contributed by atoms with Crippen LogP contribution in [0.15, 0.2) is 164 Å². The van der Waals surface area contributed by atoms with Crippen LogP contribution in [0.1, 0.15) is 117 Å². The van der Waals surface area contributed by atoms with E-state index in [1.165, 1.54) is 118 Å². The van der Waals surface area contributed by atoms with Crippen LogP contribution in [0, 0.1) is 23.7 Å². The van der Waals surface area contributed by atoms with Crippen molar-refractivity contribution >= 4 is 17.1 Å². The molecule has 0 amide bonds. The molecule has 0 atom stereocenters. The number of benzene rings is 7. The summed E-state index contributed by atoms with van der Waals surface area (Å²) < 4.78 is 6.98. The van der Waals surface area contributed by atoms with Gasteiger partial charge >= 0.3 is 0 Å². The van der Waals surface area contributed by atoms with Gasteiger partial charge in [0, 0.05) is 33.6 Å². The first-order valence-corrected chi connectivity index (χ1v) is 23.9. The normalized spacial score (nSPS) is 25.6. The second-order valence-corrected chi connectivity index (χ2v) is 21.5. The van der Waals surface area contributed by atoms with Gasteiger partial charge < -0.3 is 9.64 Å². The number of nitrogens with zero attached hydrogens (tertiary/aromatic N) is 1. The lowest BCUT2D eigenvalue weighted by Crippen LogP contribution is -2.57. The molecule has 0 saturated heterocycles. The highest BCUT2D eigenvalue weighted by Crippen LogP contribution is 2.69. The lowest BCUT2D eigenvalue weighted by molar-refractivity contribution is -0.0452. The van der Waals surface area contributed by atoms with Crippen LogP contribution in [-0.2, 0) is 21.7 Å². The maximum absolute atomic E-state index is 6.98. The molecule has 63 heavy (non-hydrogen) atoms. The van der Waals surface area contributed by atoms with Crippen molar-refractivity contribution in [1.82, 2.24) is 0 Å². The summed E-state index contributed by atoms with van der Waals surface area (Å²) in [7, 11) is 0. The second kappa shape index (κ2) is 13.3. The number of fused-ring (bicyclic) bond motifs is 6. The molecule has 2 heteroatoms. The predicted molar refractivity (Wildman–Crippen MR) is 258 cm³/mol. The molecule has 0 unspecified atom stereocenters. The number of anilines is 3. The first kappa shape index (κ1) is 37.7. The first-order chi connectivity index (χ1) is 30.7. The van der Waals surface area contributed by atoms with E-state index < -0.39 is 5.41 Å². The predicted octanol–water partition coefficient (Wildman–Crippen LogP) is 15.7. The zero-order valence-corrected chi connectivity index (χ0v) is 37.2. The molecule has 4 fully saturated rings. The van der Waals surface area contributed by atoms with Crippen molar-refractivity contribution in [2.45, 2.75) is 94.3 Å². The van der Waals surface area contributed by atoms with E-state index in [0.717, 1.165) is 23.3 Å². The third kappa shape index (κ3) is 5.19. The average molecular weight is 820 g/mol. The van der Waals surface area contributed by atoms with Gasteiger partial charge in [-0.05, 0) is 172 Å². The van der Waals surface area contributed by atoms with E-state index in [1.54, 1.807) is 0 Å². The summed E-state index contributed by atoms with van der Waals surface area (Å²) in [6, 6.07) is 62.8. The molecular formula is C61H57NO. The minimum Gasteiger partial charge on any atom is -0.457 e. The summed E-state index contributed by atoms with van der Waals surface area (Å²) in [6.45, 7) is 9.79. The zero-order chi connectivity index (χ0) is 42.3. The Kier molecular flexibility index (Phi) is 7.97. The molecule has 7 aromatic carbocycles. The van der Waals surface area contributed by atoms with E-state index in [2.05, 4.69) is 196 Å².